The van der Waals surface area contributed by atoms with Gasteiger partial charge in [0.2, 0.25) is 5.91 Å². The van der Waals surface area contributed by atoms with Crippen LogP contribution in [0.1, 0.15) is 27.3 Å². The Morgan fingerprint density at radius 3 is 2.57 bits per heavy atom. The summed E-state index contributed by atoms with van der Waals surface area (Å²) in [6.45, 7) is 3.41. The molecule has 0 unspecified atom stereocenters. The zero-order valence-electron chi connectivity index (χ0n) is 19.5. The van der Waals surface area contributed by atoms with E-state index in [4.69, 9.17) is 0 Å². The molecule has 0 atom stereocenters. The van der Waals surface area contributed by atoms with E-state index < -0.39 is 0 Å². The molecule has 0 saturated carbocycles. The van der Waals surface area contributed by atoms with Crippen LogP contribution in [0.2, 0.25) is 0 Å². The number of aryl methyl sites for hydroxylation is 1. The van der Waals surface area contributed by atoms with E-state index in [0.29, 0.717) is 12.1 Å². The molecule has 35 heavy (non-hydrogen) atoms. The van der Waals surface area contributed by atoms with Crippen LogP contribution in [0.3, 0.4) is 0 Å². The number of nitrogens with zero attached hydrogens (tertiary/aromatic N) is 3. The van der Waals surface area contributed by atoms with Crippen molar-refractivity contribution in [1.29, 1.82) is 0 Å². The Kier molecular flexibility index (Phi) is 6.68. The molecule has 0 bridgehead atoms. The van der Waals surface area contributed by atoms with Gasteiger partial charge in [0.05, 0.1) is 11.3 Å². The van der Waals surface area contributed by atoms with E-state index in [0.717, 1.165) is 40.6 Å². The zero-order valence-corrected chi connectivity index (χ0v) is 20.3. The monoisotopic (exact) mass is 482 g/mol. The minimum atomic E-state index is -0.190. The van der Waals surface area contributed by atoms with Gasteiger partial charge in [0.15, 0.2) is 0 Å². The molecule has 0 fully saturated rings. The molecule has 3 aromatic carbocycles. The van der Waals surface area contributed by atoms with E-state index >= 15 is 0 Å². The summed E-state index contributed by atoms with van der Waals surface area (Å²) in [6.07, 6.45) is 4.62. The first-order chi connectivity index (χ1) is 17.1. The van der Waals surface area contributed by atoms with Gasteiger partial charge in [-0.1, -0.05) is 42.5 Å². The van der Waals surface area contributed by atoms with Gasteiger partial charge in [0, 0.05) is 41.8 Å². The Morgan fingerprint density at radius 2 is 1.77 bits per heavy atom. The van der Waals surface area contributed by atoms with Crippen LogP contribution >= 0.6 is 11.8 Å². The molecule has 7 heteroatoms. The molecule has 0 radical (unpaired) electrons. The van der Waals surface area contributed by atoms with Gasteiger partial charge in [-0.2, -0.15) is 0 Å². The number of carbonyl (C=O) groups is 2. The summed E-state index contributed by atoms with van der Waals surface area (Å²) in [5, 5.41) is 2.99. The maximum Gasteiger partial charge on any atom is 0.256 e. The van der Waals surface area contributed by atoms with Gasteiger partial charge < -0.3 is 14.8 Å². The second-order valence-electron chi connectivity index (χ2n) is 8.46. The molecule has 0 saturated heterocycles. The molecule has 1 aromatic heterocycles. The van der Waals surface area contributed by atoms with Crippen molar-refractivity contribution in [3.63, 3.8) is 0 Å². The first-order valence-corrected chi connectivity index (χ1v) is 12.5. The van der Waals surface area contributed by atoms with Crippen molar-refractivity contribution in [3.05, 3.63) is 108 Å². The van der Waals surface area contributed by atoms with E-state index in [2.05, 4.69) is 20.9 Å². The fourth-order valence-electron chi connectivity index (χ4n) is 4.25. The number of amides is 2. The fraction of sp³-hybridized carbons (Fsp3) is 0.179. The maximum absolute atomic E-state index is 13.1. The number of fused-ring (bicyclic) bond motifs is 1. The van der Waals surface area contributed by atoms with Crippen molar-refractivity contribution in [2.45, 2.75) is 24.8 Å². The molecule has 4 aromatic rings. The number of carbonyl (C=O) groups excluding carboxylic acids is 2. The number of imidazole rings is 1. The predicted molar refractivity (Wildman–Crippen MR) is 140 cm³/mol. The molecular weight excluding hydrogens is 456 g/mol. The van der Waals surface area contributed by atoms with E-state index in [1.165, 1.54) is 17.3 Å². The van der Waals surface area contributed by atoms with Crippen LogP contribution in [0.15, 0.2) is 90.1 Å². The minimum absolute atomic E-state index is 0.0545. The highest BCUT2D eigenvalue weighted by molar-refractivity contribution is 8.00. The summed E-state index contributed by atoms with van der Waals surface area (Å²) in [5.41, 5.74) is 4.62. The van der Waals surface area contributed by atoms with E-state index in [-0.39, 0.29) is 17.6 Å². The van der Waals surface area contributed by atoms with Crippen molar-refractivity contribution in [2.75, 3.05) is 22.5 Å². The summed E-state index contributed by atoms with van der Waals surface area (Å²) in [4.78, 5) is 32.9. The molecule has 2 amide bonds. The van der Waals surface area contributed by atoms with Gasteiger partial charge in [-0.3, -0.25) is 9.59 Å². The Bertz CT molecular complexity index is 1360. The number of hydrogen-bond donors (Lipinski definition) is 1. The molecule has 5 rings (SSSR count). The number of aromatic nitrogens is 2. The molecule has 1 N–H and O–H groups in total. The third-order valence-corrected chi connectivity index (χ3v) is 7.22. The Labute approximate surface area is 209 Å². The third-order valence-electron chi connectivity index (χ3n) is 6.16. The van der Waals surface area contributed by atoms with Crippen molar-refractivity contribution in [2.24, 2.45) is 0 Å². The van der Waals surface area contributed by atoms with Crippen LogP contribution in [0.4, 0.5) is 11.4 Å². The molecule has 1 aliphatic heterocycles. The van der Waals surface area contributed by atoms with Gasteiger partial charge in [0.25, 0.3) is 5.91 Å². The number of anilines is 2. The summed E-state index contributed by atoms with van der Waals surface area (Å²) in [6, 6.07) is 23.3. The molecule has 1 aliphatic rings. The van der Waals surface area contributed by atoms with Crippen LogP contribution in [0, 0.1) is 6.92 Å². The highest BCUT2D eigenvalue weighted by Crippen LogP contribution is 2.30. The van der Waals surface area contributed by atoms with Crippen LogP contribution in [0.25, 0.3) is 0 Å². The molecular formula is C28H26N4O2S. The fourth-order valence-corrected chi connectivity index (χ4v) is 5.18. The first-order valence-electron chi connectivity index (χ1n) is 11.6. The SMILES string of the molecule is Cc1nccn1Cc1ccc(NC(=O)c2ccccc2SCC(=O)N2CCc3ccccc32)cc1. The standard InChI is InChI=1S/C28H26N4O2S/c1-20-29-15-17-31(20)18-21-10-12-23(13-11-21)30-28(34)24-7-3-5-9-26(24)35-19-27(33)32-16-14-22-6-2-4-8-25(22)32/h2-13,15,17H,14,16,18-19H2,1H3,(H,30,34). The van der Waals surface area contributed by atoms with Crippen LogP contribution in [0.5, 0.6) is 0 Å². The summed E-state index contributed by atoms with van der Waals surface area (Å²) < 4.78 is 2.07. The molecule has 176 valence electrons. The van der Waals surface area contributed by atoms with Crippen LogP contribution in [-0.4, -0.2) is 33.7 Å². The number of nitrogens with one attached hydrogen (secondary N) is 1. The molecule has 2 heterocycles. The molecule has 0 spiro atoms. The van der Waals surface area contributed by atoms with Gasteiger partial charge in [0.1, 0.15) is 5.82 Å². The highest BCUT2D eigenvalue weighted by Gasteiger charge is 2.24. The maximum atomic E-state index is 13.1. The van der Waals surface area contributed by atoms with E-state index in [1.807, 2.05) is 78.7 Å². The van der Waals surface area contributed by atoms with Gasteiger partial charge >= 0.3 is 0 Å². The number of benzene rings is 3. The van der Waals surface area contributed by atoms with Crippen molar-refractivity contribution in [1.82, 2.24) is 9.55 Å². The Hall–Kier alpha value is -3.84. The second kappa shape index (κ2) is 10.2. The number of thioether (sulfide) groups is 1. The number of para-hydroxylation sites is 1. The normalized spacial score (nSPS) is 12.4. The second-order valence-corrected chi connectivity index (χ2v) is 9.48. The van der Waals surface area contributed by atoms with Crippen molar-refractivity contribution >= 4 is 35.0 Å². The lowest BCUT2D eigenvalue weighted by Gasteiger charge is -2.17. The van der Waals surface area contributed by atoms with Crippen molar-refractivity contribution in [3.8, 4) is 0 Å². The quantitative estimate of drug-likeness (QED) is 0.369. The largest absolute Gasteiger partial charge is 0.331 e. The molecule has 0 aliphatic carbocycles. The van der Waals surface area contributed by atoms with Crippen LogP contribution in [-0.2, 0) is 17.8 Å². The number of rotatable bonds is 7. The van der Waals surface area contributed by atoms with Gasteiger partial charge in [-0.05, 0) is 54.8 Å². The first kappa shape index (κ1) is 22.9. The zero-order chi connectivity index (χ0) is 24.2. The summed E-state index contributed by atoms with van der Waals surface area (Å²) >= 11 is 1.40. The van der Waals surface area contributed by atoms with Gasteiger partial charge in [-0.15, -0.1) is 11.8 Å². The summed E-state index contributed by atoms with van der Waals surface area (Å²) in [5.74, 6) is 1.11. The topological polar surface area (TPSA) is 67.2 Å². The lowest BCUT2D eigenvalue weighted by Crippen LogP contribution is -2.30. The van der Waals surface area contributed by atoms with E-state index in [1.54, 1.807) is 12.3 Å². The molecule has 6 nitrogen and oxygen atoms in total. The Morgan fingerprint density at radius 1 is 1.00 bits per heavy atom. The predicted octanol–water partition coefficient (Wildman–Crippen LogP) is 5.17. The minimum Gasteiger partial charge on any atom is -0.331 e. The van der Waals surface area contributed by atoms with E-state index in [9.17, 15) is 9.59 Å². The van der Waals surface area contributed by atoms with Crippen molar-refractivity contribution < 1.29 is 9.59 Å². The third kappa shape index (κ3) is 5.15. The summed E-state index contributed by atoms with van der Waals surface area (Å²) in [7, 11) is 0. The lowest BCUT2D eigenvalue weighted by atomic mass is 10.1. The average Bonchev–Trinajstić information content (AvgIpc) is 3.50. The number of hydrogen-bond acceptors (Lipinski definition) is 4. The Balaban J connectivity index is 1.22. The lowest BCUT2D eigenvalue weighted by molar-refractivity contribution is -0.116. The highest BCUT2D eigenvalue weighted by atomic mass is 32.2. The van der Waals surface area contributed by atoms with Gasteiger partial charge in [-0.25, -0.2) is 4.98 Å². The van der Waals surface area contributed by atoms with Crippen LogP contribution < -0.4 is 10.2 Å². The average molecular weight is 483 g/mol. The smallest absolute Gasteiger partial charge is 0.256 e.